The van der Waals surface area contributed by atoms with Crippen LogP contribution in [-0.2, 0) is 4.74 Å². The van der Waals surface area contributed by atoms with Crippen molar-refractivity contribution in [3.05, 3.63) is 34.8 Å². The SMILES string of the molecule is Cc1nnc(NC(=O)c2cccc(OC[C@@H]3CCCO3)c2)s1. The Balaban J connectivity index is 1.61. The van der Waals surface area contributed by atoms with E-state index in [0.717, 1.165) is 24.5 Å². The maximum Gasteiger partial charge on any atom is 0.257 e. The highest BCUT2D eigenvalue weighted by molar-refractivity contribution is 7.15. The Morgan fingerprint density at radius 1 is 1.50 bits per heavy atom. The van der Waals surface area contributed by atoms with Gasteiger partial charge in [0.25, 0.3) is 5.91 Å². The molecule has 0 spiro atoms. The molecule has 6 nitrogen and oxygen atoms in total. The molecule has 0 unspecified atom stereocenters. The summed E-state index contributed by atoms with van der Waals surface area (Å²) in [4.78, 5) is 12.2. The summed E-state index contributed by atoms with van der Waals surface area (Å²) in [6.45, 7) is 3.16. The fraction of sp³-hybridized carbons (Fsp3) is 0.400. The summed E-state index contributed by atoms with van der Waals surface area (Å²) < 4.78 is 11.2. The Morgan fingerprint density at radius 3 is 3.14 bits per heavy atom. The van der Waals surface area contributed by atoms with Crippen molar-refractivity contribution in [2.75, 3.05) is 18.5 Å². The number of nitrogens with zero attached hydrogens (tertiary/aromatic N) is 2. The van der Waals surface area contributed by atoms with Gasteiger partial charge in [-0.15, -0.1) is 10.2 Å². The van der Waals surface area contributed by atoms with Crippen LogP contribution in [0, 0.1) is 6.92 Å². The van der Waals surface area contributed by atoms with Gasteiger partial charge in [-0.2, -0.15) is 0 Å². The number of hydrogen-bond donors (Lipinski definition) is 1. The first-order chi connectivity index (χ1) is 10.7. The van der Waals surface area contributed by atoms with Crippen LogP contribution in [0.4, 0.5) is 5.13 Å². The molecular formula is C15H17N3O3S. The molecule has 116 valence electrons. The summed E-state index contributed by atoms with van der Waals surface area (Å²) >= 11 is 1.34. The zero-order valence-electron chi connectivity index (χ0n) is 12.2. The minimum absolute atomic E-state index is 0.154. The van der Waals surface area contributed by atoms with Gasteiger partial charge in [0.05, 0.1) is 6.10 Å². The van der Waals surface area contributed by atoms with E-state index in [1.54, 1.807) is 18.2 Å². The Kier molecular flexibility index (Phi) is 4.65. The second-order valence-corrected chi connectivity index (χ2v) is 6.24. The van der Waals surface area contributed by atoms with E-state index in [-0.39, 0.29) is 12.0 Å². The third kappa shape index (κ3) is 3.80. The first-order valence-electron chi connectivity index (χ1n) is 7.16. The maximum atomic E-state index is 12.2. The number of amides is 1. The van der Waals surface area contributed by atoms with Gasteiger partial charge in [0.15, 0.2) is 0 Å². The average Bonchev–Trinajstić information content (AvgIpc) is 3.17. The van der Waals surface area contributed by atoms with Crippen LogP contribution in [0.3, 0.4) is 0 Å². The second kappa shape index (κ2) is 6.85. The number of carbonyl (C=O) groups excluding carboxylic acids is 1. The Labute approximate surface area is 132 Å². The van der Waals surface area contributed by atoms with Crippen LogP contribution in [0.2, 0.25) is 0 Å². The first kappa shape index (κ1) is 14.9. The number of ether oxygens (including phenoxy) is 2. The molecule has 0 saturated carbocycles. The summed E-state index contributed by atoms with van der Waals surface area (Å²) in [5, 5.41) is 11.8. The number of anilines is 1. The van der Waals surface area contributed by atoms with Gasteiger partial charge in [0.1, 0.15) is 17.4 Å². The topological polar surface area (TPSA) is 73.3 Å². The third-order valence-corrected chi connectivity index (χ3v) is 4.06. The number of rotatable bonds is 5. The van der Waals surface area contributed by atoms with E-state index < -0.39 is 0 Å². The van der Waals surface area contributed by atoms with Gasteiger partial charge >= 0.3 is 0 Å². The van der Waals surface area contributed by atoms with Crippen LogP contribution < -0.4 is 10.1 Å². The van der Waals surface area contributed by atoms with Crippen molar-refractivity contribution < 1.29 is 14.3 Å². The molecule has 1 fully saturated rings. The van der Waals surface area contributed by atoms with Crippen molar-refractivity contribution in [1.82, 2.24) is 10.2 Å². The minimum Gasteiger partial charge on any atom is -0.491 e. The largest absolute Gasteiger partial charge is 0.491 e. The normalized spacial score (nSPS) is 17.4. The number of carbonyl (C=O) groups is 1. The molecule has 22 heavy (non-hydrogen) atoms. The number of aromatic nitrogens is 2. The van der Waals surface area contributed by atoms with Crippen LogP contribution in [-0.4, -0.2) is 35.4 Å². The second-order valence-electron chi connectivity index (χ2n) is 5.05. The summed E-state index contributed by atoms with van der Waals surface area (Å²) in [5.74, 6) is 0.440. The smallest absolute Gasteiger partial charge is 0.257 e. The number of benzene rings is 1. The van der Waals surface area contributed by atoms with E-state index in [9.17, 15) is 4.79 Å². The fourth-order valence-electron chi connectivity index (χ4n) is 2.21. The molecule has 1 aromatic carbocycles. The van der Waals surface area contributed by atoms with Crippen molar-refractivity contribution in [3.8, 4) is 5.75 Å². The summed E-state index contributed by atoms with van der Waals surface area (Å²) in [5.41, 5.74) is 0.526. The first-order valence-corrected chi connectivity index (χ1v) is 7.98. The average molecular weight is 319 g/mol. The van der Waals surface area contributed by atoms with Crippen molar-refractivity contribution in [2.45, 2.75) is 25.9 Å². The predicted octanol–water partition coefficient (Wildman–Crippen LogP) is 2.66. The van der Waals surface area contributed by atoms with Crippen LogP contribution in [0.25, 0.3) is 0 Å². The molecule has 0 radical (unpaired) electrons. The van der Waals surface area contributed by atoms with Crippen LogP contribution in [0.1, 0.15) is 28.2 Å². The molecule has 7 heteroatoms. The van der Waals surface area contributed by atoms with E-state index >= 15 is 0 Å². The molecule has 1 atom stereocenters. The van der Waals surface area contributed by atoms with E-state index in [4.69, 9.17) is 9.47 Å². The zero-order valence-corrected chi connectivity index (χ0v) is 13.1. The molecule has 1 amide bonds. The molecular weight excluding hydrogens is 302 g/mol. The standard InChI is InChI=1S/C15H17N3O3S/c1-10-17-18-15(22-10)16-14(19)11-4-2-5-12(8-11)21-9-13-6-3-7-20-13/h2,4-5,8,13H,3,6-7,9H2,1H3,(H,16,18,19)/t13-/m0/s1. The fourth-order valence-corrected chi connectivity index (χ4v) is 2.80. The van der Waals surface area contributed by atoms with Gasteiger partial charge < -0.3 is 9.47 Å². The summed E-state index contributed by atoms with van der Waals surface area (Å²) in [7, 11) is 0. The highest BCUT2D eigenvalue weighted by Crippen LogP contribution is 2.19. The lowest BCUT2D eigenvalue weighted by Gasteiger charge is -2.12. The van der Waals surface area contributed by atoms with Gasteiger partial charge in [0, 0.05) is 12.2 Å². The van der Waals surface area contributed by atoms with E-state index in [1.165, 1.54) is 11.3 Å². The monoisotopic (exact) mass is 319 g/mol. The molecule has 1 saturated heterocycles. The van der Waals surface area contributed by atoms with Crippen molar-refractivity contribution >= 4 is 22.4 Å². The van der Waals surface area contributed by atoms with Gasteiger partial charge in [-0.3, -0.25) is 10.1 Å². The van der Waals surface area contributed by atoms with Gasteiger partial charge in [0.2, 0.25) is 5.13 Å². The minimum atomic E-state index is -0.223. The summed E-state index contributed by atoms with van der Waals surface area (Å²) in [6, 6.07) is 7.09. The van der Waals surface area contributed by atoms with Gasteiger partial charge in [-0.1, -0.05) is 17.4 Å². The van der Waals surface area contributed by atoms with E-state index in [2.05, 4.69) is 15.5 Å². The number of nitrogens with one attached hydrogen (secondary N) is 1. The zero-order chi connectivity index (χ0) is 15.4. The molecule has 1 aliphatic heterocycles. The lowest BCUT2D eigenvalue weighted by Crippen LogP contribution is -2.17. The van der Waals surface area contributed by atoms with Crippen LogP contribution >= 0.6 is 11.3 Å². The quantitative estimate of drug-likeness (QED) is 0.917. The highest BCUT2D eigenvalue weighted by Gasteiger charge is 2.16. The maximum absolute atomic E-state index is 12.2. The lowest BCUT2D eigenvalue weighted by atomic mass is 10.2. The molecule has 2 heterocycles. The molecule has 0 aliphatic carbocycles. The Hall–Kier alpha value is -1.99. The predicted molar refractivity (Wildman–Crippen MR) is 83.5 cm³/mol. The van der Waals surface area contributed by atoms with Crippen LogP contribution in [0.5, 0.6) is 5.75 Å². The van der Waals surface area contributed by atoms with Crippen molar-refractivity contribution in [2.24, 2.45) is 0 Å². The molecule has 2 aromatic rings. The van der Waals surface area contributed by atoms with E-state index in [1.807, 2.05) is 13.0 Å². The van der Waals surface area contributed by atoms with Crippen molar-refractivity contribution in [3.63, 3.8) is 0 Å². The lowest BCUT2D eigenvalue weighted by molar-refractivity contribution is 0.0679. The highest BCUT2D eigenvalue weighted by atomic mass is 32.1. The Bertz CT molecular complexity index is 653. The molecule has 0 bridgehead atoms. The molecule has 1 aliphatic rings. The van der Waals surface area contributed by atoms with Crippen molar-refractivity contribution in [1.29, 1.82) is 0 Å². The molecule has 3 rings (SSSR count). The third-order valence-electron chi connectivity index (χ3n) is 3.30. The van der Waals surface area contributed by atoms with Crippen LogP contribution in [0.15, 0.2) is 24.3 Å². The van der Waals surface area contributed by atoms with E-state index in [0.29, 0.717) is 23.1 Å². The summed E-state index contributed by atoms with van der Waals surface area (Å²) in [6.07, 6.45) is 2.26. The number of aryl methyl sites for hydroxylation is 1. The number of hydrogen-bond acceptors (Lipinski definition) is 6. The molecule has 1 N–H and O–H groups in total. The molecule has 1 aromatic heterocycles. The van der Waals surface area contributed by atoms with Gasteiger partial charge in [-0.05, 0) is 38.0 Å². The van der Waals surface area contributed by atoms with Gasteiger partial charge in [-0.25, -0.2) is 0 Å². The Morgan fingerprint density at radius 2 is 2.41 bits per heavy atom.